The van der Waals surface area contributed by atoms with Crippen LogP contribution in [0.2, 0.25) is 0 Å². The largest absolute Gasteiger partial charge is 0.475 e. The number of carboxylic acid groups (broad SMARTS) is 1. The summed E-state index contributed by atoms with van der Waals surface area (Å²) in [6.07, 6.45) is 1.89. The van der Waals surface area contributed by atoms with Crippen LogP contribution >= 0.6 is 0 Å². The molecule has 0 amide bonds. The van der Waals surface area contributed by atoms with Gasteiger partial charge in [-0.2, -0.15) is 0 Å². The zero-order valence-electron chi connectivity index (χ0n) is 8.65. The van der Waals surface area contributed by atoms with Crippen molar-refractivity contribution >= 4 is 5.97 Å². The van der Waals surface area contributed by atoms with Gasteiger partial charge < -0.3 is 14.6 Å². The fourth-order valence-corrected chi connectivity index (χ4v) is 1.38. The molecule has 1 aliphatic carbocycles. The number of rotatable bonds is 3. The quantitative estimate of drug-likeness (QED) is 0.791. The summed E-state index contributed by atoms with van der Waals surface area (Å²) < 4.78 is 5.08. The van der Waals surface area contributed by atoms with Gasteiger partial charge in [0.1, 0.15) is 5.60 Å². The van der Waals surface area contributed by atoms with Crippen molar-refractivity contribution in [2.45, 2.75) is 38.2 Å². The predicted molar refractivity (Wildman–Crippen MR) is 50.7 cm³/mol. The predicted octanol–water partition coefficient (Wildman–Crippen LogP) is 1.48. The molecule has 0 unspecified atom stereocenters. The molecular weight excluding hydrogens is 198 g/mol. The molecule has 2 rings (SSSR count). The molecule has 1 aromatic rings. The van der Waals surface area contributed by atoms with Crippen LogP contribution in [-0.2, 0) is 5.60 Å². The van der Waals surface area contributed by atoms with Crippen molar-refractivity contribution in [2.24, 2.45) is 0 Å². The van der Waals surface area contributed by atoms with Crippen molar-refractivity contribution in [3.8, 4) is 0 Å². The number of aromatic nitrogens is 1. The van der Waals surface area contributed by atoms with Gasteiger partial charge in [-0.05, 0) is 26.7 Å². The van der Waals surface area contributed by atoms with E-state index in [0.29, 0.717) is 5.69 Å². The summed E-state index contributed by atoms with van der Waals surface area (Å²) in [4.78, 5) is 14.9. The molecule has 2 N–H and O–H groups in total. The molecule has 1 fully saturated rings. The third-order valence-corrected chi connectivity index (χ3v) is 2.34. The van der Waals surface area contributed by atoms with Crippen LogP contribution in [0.4, 0.5) is 0 Å². The van der Waals surface area contributed by atoms with Crippen LogP contribution in [0.15, 0.2) is 4.42 Å². The van der Waals surface area contributed by atoms with Crippen molar-refractivity contribution in [3.63, 3.8) is 0 Å². The smallest absolute Gasteiger partial charge is 0.373 e. The molecule has 0 saturated heterocycles. The normalized spacial score (nSPS) is 16.7. The third-order valence-electron chi connectivity index (χ3n) is 2.34. The molecular formula is C10H13NO4. The molecule has 82 valence electrons. The maximum Gasteiger partial charge on any atom is 0.373 e. The summed E-state index contributed by atoms with van der Waals surface area (Å²) in [5.41, 5.74) is -0.767. The SMILES string of the molecule is CC(C)(O)c1nc(C2CC2)c(C(=O)O)o1. The number of aliphatic hydroxyl groups is 1. The summed E-state index contributed by atoms with van der Waals surface area (Å²) >= 11 is 0. The summed E-state index contributed by atoms with van der Waals surface area (Å²) in [6.45, 7) is 3.03. The van der Waals surface area contributed by atoms with E-state index in [2.05, 4.69) is 4.98 Å². The first-order chi connectivity index (χ1) is 6.89. The summed E-state index contributed by atoms with van der Waals surface area (Å²) in [5.74, 6) is -0.993. The second kappa shape index (κ2) is 3.06. The summed E-state index contributed by atoms with van der Waals surface area (Å²) in [5, 5.41) is 18.6. The molecule has 0 bridgehead atoms. The van der Waals surface area contributed by atoms with Gasteiger partial charge in [0.05, 0.1) is 5.69 Å². The Morgan fingerprint density at radius 1 is 1.53 bits per heavy atom. The average molecular weight is 211 g/mol. The maximum atomic E-state index is 10.9. The molecule has 15 heavy (non-hydrogen) atoms. The zero-order valence-corrected chi connectivity index (χ0v) is 8.65. The lowest BCUT2D eigenvalue weighted by Crippen LogP contribution is -2.15. The van der Waals surface area contributed by atoms with E-state index in [9.17, 15) is 9.90 Å². The standard InChI is InChI=1S/C10H13NO4/c1-10(2,14)9-11-6(5-3-4-5)7(15-9)8(12)13/h5,14H,3-4H2,1-2H3,(H,12,13). The second-order valence-electron chi connectivity index (χ2n) is 4.37. The van der Waals surface area contributed by atoms with Crippen molar-refractivity contribution in [1.82, 2.24) is 4.98 Å². The summed E-state index contributed by atoms with van der Waals surface area (Å²) in [6, 6.07) is 0. The molecule has 0 aliphatic heterocycles. The fourth-order valence-electron chi connectivity index (χ4n) is 1.38. The maximum absolute atomic E-state index is 10.9. The number of hydrogen-bond donors (Lipinski definition) is 2. The van der Waals surface area contributed by atoms with Crippen molar-refractivity contribution in [1.29, 1.82) is 0 Å². The van der Waals surface area contributed by atoms with Crippen LogP contribution in [0.3, 0.4) is 0 Å². The molecule has 0 spiro atoms. The molecule has 0 aromatic carbocycles. The van der Waals surface area contributed by atoms with E-state index in [1.54, 1.807) is 0 Å². The van der Waals surface area contributed by atoms with Gasteiger partial charge in [-0.3, -0.25) is 0 Å². The fraction of sp³-hybridized carbons (Fsp3) is 0.600. The van der Waals surface area contributed by atoms with Crippen molar-refractivity contribution in [2.75, 3.05) is 0 Å². The molecule has 0 atom stereocenters. The minimum atomic E-state index is -1.24. The third kappa shape index (κ3) is 1.87. The summed E-state index contributed by atoms with van der Waals surface area (Å²) in [7, 11) is 0. The Hall–Kier alpha value is -1.36. The van der Waals surface area contributed by atoms with Crippen LogP contribution in [0, 0.1) is 0 Å². The Kier molecular flexibility index (Phi) is 2.08. The highest BCUT2D eigenvalue weighted by molar-refractivity contribution is 5.86. The number of carbonyl (C=O) groups is 1. The number of aromatic carboxylic acids is 1. The van der Waals surface area contributed by atoms with E-state index in [4.69, 9.17) is 9.52 Å². The lowest BCUT2D eigenvalue weighted by Gasteiger charge is -2.10. The average Bonchev–Trinajstić information content (AvgIpc) is 2.81. The minimum absolute atomic E-state index is 0.0711. The van der Waals surface area contributed by atoms with E-state index in [-0.39, 0.29) is 17.6 Å². The van der Waals surface area contributed by atoms with Gasteiger partial charge in [0.25, 0.3) is 0 Å². The van der Waals surface area contributed by atoms with Crippen LogP contribution in [0.25, 0.3) is 0 Å². The minimum Gasteiger partial charge on any atom is -0.475 e. The monoisotopic (exact) mass is 211 g/mol. The second-order valence-corrected chi connectivity index (χ2v) is 4.37. The van der Waals surface area contributed by atoms with Gasteiger partial charge in [0.15, 0.2) is 0 Å². The first-order valence-electron chi connectivity index (χ1n) is 4.86. The Balaban J connectivity index is 2.44. The van der Waals surface area contributed by atoms with Crippen LogP contribution in [0.1, 0.15) is 54.7 Å². The molecule has 1 aliphatic rings. The van der Waals surface area contributed by atoms with Gasteiger partial charge in [0.2, 0.25) is 11.7 Å². The van der Waals surface area contributed by atoms with Crippen LogP contribution < -0.4 is 0 Å². The van der Waals surface area contributed by atoms with E-state index >= 15 is 0 Å². The number of hydrogen-bond acceptors (Lipinski definition) is 4. The number of nitrogens with zero attached hydrogens (tertiary/aromatic N) is 1. The Labute approximate surface area is 86.7 Å². The van der Waals surface area contributed by atoms with Crippen molar-refractivity contribution < 1.29 is 19.4 Å². The molecule has 5 nitrogen and oxygen atoms in total. The highest BCUT2D eigenvalue weighted by Crippen LogP contribution is 2.42. The van der Waals surface area contributed by atoms with E-state index < -0.39 is 11.6 Å². The Morgan fingerprint density at radius 2 is 2.13 bits per heavy atom. The first-order valence-corrected chi connectivity index (χ1v) is 4.86. The zero-order chi connectivity index (χ0) is 11.2. The molecule has 1 heterocycles. The van der Waals surface area contributed by atoms with Gasteiger partial charge >= 0.3 is 5.97 Å². The molecule has 0 radical (unpaired) electrons. The topological polar surface area (TPSA) is 83.6 Å². The van der Waals surface area contributed by atoms with Gasteiger partial charge in [-0.25, -0.2) is 9.78 Å². The van der Waals surface area contributed by atoms with Gasteiger partial charge in [-0.15, -0.1) is 0 Å². The van der Waals surface area contributed by atoms with E-state index in [0.717, 1.165) is 12.8 Å². The van der Waals surface area contributed by atoms with E-state index in [1.165, 1.54) is 13.8 Å². The number of oxazole rings is 1. The van der Waals surface area contributed by atoms with Crippen LogP contribution in [0.5, 0.6) is 0 Å². The van der Waals surface area contributed by atoms with Gasteiger partial charge in [-0.1, -0.05) is 0 Å². The van der Waals surface area contributed by atoms with Crippen molar-refractivity contribution in [3.05, 3.63) is 17.3 Å². The molecule has 5 heteroatoms. The highest BCUT2D eigenvalue weighted by atomic mass is 16.4. The molecule has 1 saturated carbocycles. The van der Waals surface area contributed by atoms with E-state index in [1.807, 2.05) is 0 Å². The lowest BCUT2D eigenvalue weighted by molar-refractivity contribution is 0.0440. The van der Waals surface area contributed by atoms with Gasteiger partial charge in [0, 0.05) is 5.92 Å². The Morgan fingerprint density at radius 3 is 2.53 bits per heavy atom. The first kappa shape index (κ1) is 10.2. The highest BCUT2D eigenvalue weighted by Gasteiger charge is 2.36. The molecule has 1 aromatic heterocycles. The lowest BCUT2D eigenvalue weighted by atomic mass is 10.1. The Bertz CT molecular complexity index is 398. The van der Waals surface area contributed by atoms with Crippen LogP contribution in [-0.4, -0.2) is 21.2 Å². The number of carboxylic acids is 1.